The Kier molecular flexibility index (Phi) is 9.40. The van der Waals surface area contributed by atoms with Crippen LogP contribution in [0.5, 0.6) is 5.75 Å². The lowest BCUT2D eigenvalue weighted by atomic mass is 9.85. The van der Waals surface area contributed by atoms with Gasteiger partial charge in [0.2, 0.25) is 15.7 Å². The van der Waals surface area contributed by atoms with Gasteiger partial charge in [0.25, 0.3) is 0 Å². The van der Waals surface area contributed by atoms with Gasteiger partial charge in [-0.05, 0) is 87.4 Å². The minimum absolute atomic E-state index is 0.0862. The molecule has 1 aliphatic carbocycles. The Morgan fingerprint density at radius 1 is 1.12 bits per heavy atom. The number of pyridine rings is 1. The van der Waals surface area contributed by atoms with Gasteiger partial charge in [-0.2, -0.15) is 0 Å². The van der Waals surface area contributed by atoms with E-state index in [2.05, 4.69) is 10.4 Å². The maximum atomic E-state index is 12.9. The Hall–Kier alpha value is -2.53. The van der Waals surface area contributed by atoms with E-state index in [9.17, 15) is 18.4 Å². The molecule has 34 heavy (non-hydrogen) atoms. The van der Waals surface area contributed by atoms with E-state index in [-0.39, 0.29) is 34.4 Å². The molecule has 10 heteroatoms. The van der Waals surface area contributed by atoms with E-state index < -0.39 is 9.84 Å². The smallest absolute Gasteiger partial charge is 0.236 e. The van der Waals surface area contributed by atoms with Gasteiger partial charge in [-0.1, -0.05) is 5.17 Å². The molecule has 2 aromatic rings. The van der Waals surface area contributed by atoms with Crippen LogP contribution in [0.25, 0.3) is 0 Å². The molecule has 0 spiro atoms. The third-order valence-electron chi connectivity index (χ3n) is 5.78. The summed E-state index contributed by atoms with van der Waals surface area (Å²) < 4.78 is 36.9. The van der Waals surface area contributed by atoms with Crippen LogP contribution in [0.2, 0.25) is 0 Å². The number of hydroxylamine groups is 1. The van der Waals surface area contributed by atoms with Gasteiger partial charge < -0.3 is 9.47 Å². The molecule has 1 saturated carbocycles. The van der Waals surface area contributed by atoms with Gasteiger partial charge in [-0.15, -0.1) is 0 Å². The average Bonchev–Trinajstić information content (AvgIpc) is 2.81. The number of rotatable bonds is 11. The summed E-state index contributed by atoms with van der Waals surface area (Å²) in [5.41, 5.74) is 2.94. The highest BCUT2D eigenvalue weighted by atomic mass is 32.2. The second kappa shape index (κ2) is 12.3. The molecule has 1 fully saturated rings. The zero-order chi connectivity index (χ0) is 24.6. The summed E-state index contributed by atoms with van der Waals surface area (Å²) >= 11 is 0. The fraction of sp³-hybridized carbons (Fsp3) is 0.500. The molecule has 0 radical (unpaired) electrons. The van der Waals surface area contributed by atoms with Gasteiger partial charge in [-0.3, -0.25) is 15.4 Å². The maximum absolute atomic E-state index is 12.9. The minimum Gasteiger partial charge on any atom is -0.494 e. The first-order valence-electron chi connectivity index (χ1n) is 11.6. The summed E-state index contributed by atoms with van der Waals surface area (Å²) in [4.78, 5) is 16.4. The van der Waals surface area contributed by atoms with Gasteiger partial charge in [0.1, 0.15) is 5.75 Å². The summed E-state index contributed by atoms with van der Waals surface area (Å²) in [6.07, 6.45) is 5.68. The molecule has 0 aliphatic heterocycles. The van der Waals surface area contributed by atoms with Crippen LogP contribution >= 0.6 is 0 Å². The normalized spacial score (nSPS) is 18.6. The van der Waals surface area contributed by atoms with Crippen molar-refractivity contribution in [2.75, 3.05) is 13.2 Å². The number of nitrogens with one attached hydrogen (secondary N) is 1. The standard InChI is InChI=1S/C24H33N3O6S/c1-3-32-20-7-5-18(6-8-20)15-23(28)26-27(29)17-19-13-14-25-24(16-19)34(30,31)22-11-9-21(10-12-22)33-4-2/h9-14,16,18,20,29H,3-8,15,17H2,1-2H3,(H,26,28)/t18-,20-. The highest BCUT2D eigenvalue weighted by molar-refractivity contribution is 7.91. The van der Waals surface area contributed by atoms with E-state index in [1.54, 1.807) is 18.2 Å². The molecular formula is C24H33N3O6S. The first kappa shape index (κ1) is 26.1. The molecule has 9 nitrogen and oxygen atoms in total. The fourth-order valence-corrected chi connectivity index (χ4v) is 5.34. The van der Waals surface area contributed by atoms with Crippen LogP contribution < -0.4 is 10.2 Å². The Labute approximate surface area is 200 Å². The number of benzene rings is 1. The first-order chi connectivity index (χ1) is 16.3. The highest BCUT2D eigenvalue weighted by Crippen LogP contribution is 2.28. The molecule has 0 bridgehead atoms. The number of nitrogens with zero attached hydrogens (tertiary/aromatic N) is 2. The van der Waals surface area contributed by atoms with E-state index in [1.165, 1.54) is 24.4 Å². The summed E-state index contributed by atoms with van der Waals surface area (Å²) in [5.74, 6) is 0.563. The number of hydrogen-bond acceptors (Lipinski definition) is 8. The lowest BCUT2D eigenvalue weighted by molar-refractivity contribution is -0.166. The van der Waals surface area contributed by atoms with Gasteiger partial charge in [0.15, 0.2) is 5.03 Å². The Morgan fingerprint density at radius 3 is 2.47 bits per heavy atom. The van der Waals surface area contributed by atoms with Gasteiger partial charge in [0, 0.05) is 19.2 Å². The molecule has 0 atom stereocenters. The number of ether oxygens (including phenoxy) is 2. The number of hydrazine groups is 1. The number of sulfone groups is 1. The zero-order valence-electron chi connectivity index (χ0n) is 19.6. The van der Waals surface area contributed by atoms with Gasteiger partial charge in [0.05, 0.1) is 24.2 Å². The zero-order valence-corrected chi connectivity index (χ0v) is 20.5. The summed E-state index contributed by atoms with van der Waals surface area (Å²) in [5, 5.41) is 10.7. The topological polar surface area (TPSA) is 118 Å². The van der Waals surface area contributed by atoms with Crippen LogP contribution in [-0.4, -0.2) is 49.0 Å². The number of carbonyl (C=O) groups excluding carboxylic acids is 1. The average molecular weight is 492 g/mol. The van der Waals surface area contributed by atoms with Crippen molar-refractivity contribution >= 4 is 15.7 Å². The predicted octanol–water partition coefficient (Wildman–Crippen LogP) is 3.52. The van der Waals surface area contributed by atoms with Crippen LogP contribution in [0.1, 0.15) is 51.5 Å². The third kappa shape index (κ3) is 7.23. The molecule has 1 heterocycles. The summed E-state index contributed by atoms with van der Waals surface area (Å²) in [6, 6.07) is 9.09. The molecule has 1 aliphatic rings. The molecule has 0 saturated heterocycles. The third-order valence-corrected chi connectivity index (χ3v) is 7.44. The molecular weight excluding hydrogens is 458 g/mol. The molecule has 2 N–H and O–H groups in total. The number of aromatic nitrogens is 1. The quantitative estimate of drug-likeness (QED) is 0.459. The SMILES string of the molecule is CCOc1ccc(S(=O)(=O)c2cc(CN(O)NC(=O)C[C@H]3CC[C@H](OCC)CC3)ccn2)cc1. The van der Waals surface area contributed by atoms with Crippen molar-refractivity contribution in [1.29, 1.82) is 0 Å². The predicted molar refractivity (Wildman–Crippen MR) is 125 cm³/mol. The van der Waals surface area contributed by atoms with Crippen LogP contribution in [0, 0.1) is 5.92 Å². The van der Waals surface area contributed by atoms with Crippen LogP contribution in [0.3, 0.4) is 0 Å². The number of amides is 1. The lowest BCUT2D eigenvalue weighted by Gasteiger charge is -2.28. The second-order valence-electron chi connectivity index (χ2n) is 8.31. The molecule has 3 rings (SSSR count). The Morgan fingerprint density at radius 2 is 1.82 bits per heavy atom. The first-order valence-corrected chi connectivity index (χ1v) is 13.1. The summed E-state index contributed by atoms with van der Waals surface area (Å²) in [6.45, 7) is 4.93. The van der Waals surface area contributed by atoms with Crippen molar-refractivity contribution in [3.63, 3.8) is 0 Å². The molecule has 1 amide bonds. The Bertz CT molecular complexity index is 1040. The summed E-state index contributed by atoms with van der Waals surface area (Å²) in [7, 11) is -3.84. The second-order valence-corrected chi connectivity index (χ2v) is 10.2. The minimum atomic E-state index is -3.84. The van der Waals surface area contributed by atoms with E-state index in [4.69, 9.17) is 9.47 Å². The van der Waals surface area contributed by atoms with Crippen molar-refractivity contribution in [3.8, 4) is 5.75 Å². The van der Waals surface area contributed by atoms with Gasteiger partial charge in [-0.25, -0.2) is 13.4 Å². The molecule has 0 unspecified atom stereocenters. The van der Waals surface area contributed by atoms with E-state index in [0.29, 0.717) is 36.1 Å². The van der Waals surface area contributed by atoms with Crippen molar-refractivity contribution in [2.24, 2.45) is 5.92 Å². The van der Waals surface area contributed by atoms with Crippen LogP contribution in [-0.2, 0) is 25.9 Å². The van der Waals surface area contributed by atoms with E-state index in [1.807, 2.05) is 13.8 Å². The van der Waals surface area contributed by atoms with Crippen molar-refractivity contribution in [3.05, 3.63) is 48.2 Å². The molecule has 1 aromatic heterocycles. The van der Waals surface area contributed by atoms with Crippen molar-refractivity contribution in [1.82, 2.24) is 15.6 Å². The largest absolute Gasteiger partial charge is 0.494 e. The van der Waals surface area contributed by atoms with Crippen molar-refractivity contribution in [2.45, 2.75) is 68.5 Å². The van der Waals surface area contributed by atoms with Crippen LogP contribution in [0.4, 0.5) is 0 Å². The fourth-order valence-electron chi connectivity index (χ4n) is 4.10. The van der Waals surface area contributed by atoms with E-state index in [0.717, 1.165) is 25.7 Å². The van der Waals surface area contributed by atoms with E-state index >= 15 is 0 Å². The molecule has 1 aromatic carbocycles. The molecule has 186 valence electrons. The lowest BCUT2D eigenvalue weighted by Crippen LogP contribution is -2.40. The highest BCUT2D eigenvalue weighted by Gasteiger charge is 2.24. The Balaban J connectivity index is 1.55. The van der Waals surface area contributed by atoms with Gasteiger partial charge >= 0.3 is 0 Å². The van der Waals surface area contributed by atoms with Crippen LogP contribution in [0.15, 0.2) is 52.5 Å². The van der Waals surface area contributed by atoms with Crippen molar-refractivity contribution < 1.29 is 27.9 Å². The maximum Gasteiger partial charge on any atom is 0.236 e. The monoisotopic (exact) mass is 491 g/mol. The number of carbonyl (C=O) groups is 1. The number of hydrogen-bond donors (Lipinski definition) is 2.